The van der Waals surface area contributed by atoms with Crippen molar-refractivity contribution in [3.05, 3.63) is 78.5 Å². The molecule has 0 fully saturated rings. The number of pyridine rings is 1. The lowest BCUT2D eigenvalue weighted by Crippen LogP contribution is -2.35. The molecule has 0 saturated heterocycles. The van der Waals surface area contributed by atoms with Gasteiger partial charge in [-0.2, -0.15) is 4.57 Å². The van der Waals surface area contributed by atoms with Gasteiger partial charge in [-0.1, -0.05) is 23.9 Å². The van der Waals surface area contributed by atoms with Crippen LogP contribution in [0.25, 0.3) is 17.0 Å². The maximum absolute atomic E-state index is 2.38. The van der Waals surface area contributed by atoms with Gasteiger partial charge in [0.2, 0.25) is 5.52 Å². The van der Waals surface area contributed by atoms with Crippen LogP contribution in [0.5, 0.6) is 0 Å². The molecule has 1 aliphatic rings. The Kier molecular flexibility index (Phi) is 6.23. The molecular weight excluding hydrogens is 432 g/mol. The second-order valence-electron chi connectivity index (χ2n) is 10.1. The van der Waals surface area contributed by atoms with Crippen molar-refractivity contribution in [3.8, 4) is 0 Å². The van der Waals surface area contributed by atoms with E-state index >= 15 is 0 Å². The number of aryl methyl sites for hydroxylation is 3. The lowest BCUT2D eigenvalue weighted by molar-refractivity contribution is -0.651. The number of fused-ring (bicyclic) bond motifs is 2. The maximum atomic E-state index is 2.38. The summed E-state index contributed by atoms with van der Waals surface area (Å²) in [5, 5.41) is 2.66. The number of allylic oxidation sites excluding steroid dienone is 2. The second kappa shape index (κ2) is 8.61. The van der Waals surface area contributed by atoms with Gasteiger partial charge in [-0.3, -0.25) is 0 Å². The van der Waals surface area contributed by atoms with Crippen LogP contribution in [0, 0.1) is 69.2 Å². The van der Waals surface area contributed by atoms with E-state index in [-0.39, 0.29) is 0 Å². The lowest BCUT2D eigenvalue weighted by Gasteiger charge is -2.19. The van der Waals surface area contributed by atoms with Crippen molar-refractivity contribution in [2.45, 2.75) is 74.1 Å². The van der Waals surface area contributed by atoms with Crippen LogP contribution in [0.15, 0.2) is 22.1 Å². The predicted octanol–water partition coefficient (Wildman–Crippen LogP) is 7.85. The van der Waals surface area contributed by atoms with Gasteiger partial charge >= 0.3 is 0 Å². The molecule has 2 heterocycles. The number of anilines is 1. The first-order valence-electron chi connectivity index (χ1n) is 12.2. The first-order chi connectivity index (χ1) is 15.9. The van der Waals surface area contributed by atoms with Crippen molar-refractivity contribution in [3.63, 3.8) is 0 Å². The third-order valence-corrected chi connectivity index (χ3v) is 10.0. The molecule has 0 aliphatic carbocycles. The molecular formula is C31H39N2S+. The Morgan fingerprint density at radius 1 is 0.676 bits per heavy atom. The van der Waals surface area contributed by atoms with Crippen molar-refractivity contribution < 1.29 is 4.57 Å². The van der Waals surface area contributed by atoms with E-state index in [2.05, 4.69) is 111 Å². The molecule has 0 unspecified atom stereocenters. The summed E-state index contributed by atoms with van der Waals surface area (Å²) in [6.07, 6.45) is 6.86. The fraction of sp³-hybridized carbons (Fsp3) is 0.387. The first-order valence-corrected chi connectivity index (χ1v) is 13.0. The Balaban J connectivity index is 1.86. The Labute approximate surface area is 210 Å². The van der Waals surface area contributed by atoms with E-state index in [0.717, 1.165) is 0 Å². The smallest absolute Gasteiger partial charge is 0.216 e. The Morgan fingerprint density at radius 3 is 1.88 bits per heavy atom. The zero-order valence-electron chi connectivity index (χ0n) is 23.0. The highest BCUT2D eigenvalue weighted by Crippen LogP contribution is 2.50. The summed E-state index contributed by atoms with van der Waals surface area (Å²) in [5.74, 6) is 0. The zero-order valence-corrected chi connectivity index (χ0v) is 23.9. The van der Waals surface area contributed by atoms with Crippen LogP contribution in [-0.4, -0.2) is 7.05 Å². The molecule has 0 bridgehead atoms. The van der Waals surface area contributed by atoms with Gasteiger partial charge in [0.1, 0.15) is 7.05 Å². The normalized spacial score (nSPS) is 14.8. The third-order valence-electron chi connectivity index (χ3n) is 8.68. The average Bonchev–Trinajstić information content (AvgIpc) is 3.14. The molecule has 34 heavy (non-hydrogen) atoms. The lowest BCUT2D eigenvalue weighted by atomic mass is 9.89. The molecule has 0 atom stereocenters. The van der Waals surface area contributed by atoms with Gasteiger partial charge in [0.05, 0.1) is 16.1 Å². The van der Waals surface area contributed by atoms with Crippen molar-refractivity contribution >= 4 is 34.4 Å². The van der Waals surface area contributed by atoms with Gasteiger partial charge in [0.15, 0.2) is 5.69 Å². The van der Waals surface area contributed by atoms with Crippen molar-refractivity contribution in [2.24, 2.45) is 7.05 Å². The summed E-state index contributed by atoms with van der Waals surface area (Å²) in [6, 6.07) is 0. The van der Waals surface area contributed by atoms with Crippen LogP contribution < -0.4 is 9.47 Å². The van der Waals surface area contributed by atoms with Gasteiger partial charge < -0.3 is 4.90 Å². The number of thioether (sulfide) groups is 1. The van der Waals surface area contributed by atoms with E-state index in [0.29, 0.717) is 0 Å². The number of nitrogens with zero attached hydrogens (tertiary/aromatic N) is 2. The third kappa shape index (κ3) is 3.43. The van der Waals surface area contributed by atoms with E-state index in [9.17, 15) is 0 Å². The van der Waals surface area contributed by atoms with E-state index < -0.39 is 0 Å². The molecule has 0 amide bonds. The molecule has 0 radical (unpaired) electrons. The predicted molar refractivity (Wildman–Crippen MR) is 150 cm³/mol. The van der Waals surface area contributed by atoms with E-state index in [1.807, 2.05) is 11.8 Å². The largest absolute Gasteiger partial charge is 0.338 e. The zero-order chi connectivity index (χ0) is 25.2. The second-order valence-corrected chi connectivity index (χ2v) is 11.1. The fourth-order valence-electron chi connectivity index (χ4n) is 5.49. The number of hydrogen-bond acceptors (Lipinski definition) is 2. The highest BCUT2D eigenvalue weighted by atomic mass is 32.2. The topological polar surface area (TPSA) is 7.12 Å². The minimum atomic E-state index is 1.28. The van der Waals surface area contributed by atoms with Crippen molar-refractivity contribution in [1.29, 1.82) is 0 Å². The minimum absolute atomic E-state index is 1.28. The summed E-state index contributed by atoms with van der Waals surface area (Å²) in [5.41, 5.74) is 17.9. The van der Waals surface area contributed by atoms with Crippen LogP contribution in [0.2, 0.25) is 0 Å². The molecule has 0 saturated carbocycles. The van der Waals surface area contributed by atoms with Gasteiger partial charge in [0.25, 0.3) is 0 Å². The summed E-state index contributed by atoms with van der Waals surface area (Å²) in [4.78, 5) is 3.77. The van der Waals surface area contributed by atoms with Crippen molar-refractivity contribution in [2.75, 3.05) is 11.9 Å². The molecule has 3 aromatic rings. The molecule has 0 N–H and O–H groups in total. The Morgan fingerprint density at radius 2 is 1.24 bits per heavy atom. The van der Waals surface area contributed by atoms with E-state index in [1.165, 1.54) is 87.8 Å². The molecule has 2 aromatic carbocycles. The standard InChI is InChI=1S/C31H39N2S/c1-16-17(2)21(6)29-28(20(16)5)26(24(9)25(10)32(29)11)14-13-15-27-33(12)30-22(7)18(3)19(4)23(8)31(30)34-27/h13-15H,1-12H3/q+1. The number of rotatable bonds is 2. The summed E-state index contributed by atoms with van der Waals surface area (Å²) < 4.78 is 2.38. The molecule has 2 nitrogen and oxygen atoms in total. The highest BCUT2D eigenvalue weighted by molar-refractivity contribution is 8.03. The van der Waals surface area contributed by atoms with Crippen LogP contribution in [-0.2, 0) is 7.05 Å². The number of aromatic nitrogens is 1. The quantitative estimate of drug-likeness (QED) is 0.351. The van der Waals surface area contributed by atoms with E-state index in [1.54, 1.807) is 0 Å². The van der Waals surface area contributed by atoms with Gasteiger partial charge in [0, 0.05) is 30.0 Å². The monoisotopic (exact) mass is 471 g/mol. The summed E-state index contributed by atoms with van der Waals surface area (Å²) in [7, 11) is 4.41. The number of benzene rings is 2. The van der Waals surface area contributed by atoms with Crippen LogP contribution in [0.3, 0.4) is 0 Å². The highest BCUT2D eigenvalue weighted by Gasteiger charge is 2.28. The molecule has 1 aliphatic heterocycles. The van der Waals surface area contributed by atoms with Crippen LogP contribution in [0.4, 0.5) is 5.69 Å². The van der Waals surface area contributed by atoms with Gasteiger partial charge in [-0.25, -0.2) is 0 Å². The average molecular weight is 472 g/mol. The Bertz CT molecular complexity index is 1430. The summed E-state index contributed by atoms with van der Waals surface area (Å²) >= 11 is 1.90. The molecule has 178 valence electrons. The Hall–Kier alpha value is -2.52. The summed E-state index contributed by atoms with van der Waals surface area (Å²) in [6.45, 7) is 22.6. The van der Waals surface area contributed by atoms with Gasteiger partial charge in [-0.15, -0.1) is 0 Å². The fourth-order valence-corrected chi connectivity index (χ4v) is 6.77. The molecule has 1 aromatic heterocycles. The molecule has 4 rings (SSSR count). The van der Waals surface area contributed by atoms with Crippen molar-refractivity contribution in [1.82, 2.24) is 0 Å². The minimum Gasteiger partial charge on any atom is -0.338 e. The molecule has 0 spiro atoms. The van der Waals surface area contributed by atoms with Crippen LogP contribution >= 0.6 is 11.8 Å². The van der Waals surface area contributed by atoms with Crippen LogP contribution in [0.1, 0.15) is 61.3 Å². The SMILES string of the molecule is Cc1c(C)c(C)c2c(c1C)SC(=CC=Cc1c(C)c(C)[n+](C)c3c(C)c(C)c(C)c(C)c13)N2C. The number of hydrogen-bond donors (Lipinski definition) is 0. The molecule has 3 heteroatoms. The van der Waals surface area contributed by atoms with E-state index in [4.69, 9.17) is 0 Å². The van der Waals surface area contributed by atoms with Gasteiger partial charge in [-0.05, 0) is 113 Å². The maximum Gasteiger partial charge on any atom is 0.216 e. The first kappa shape index (κ1) is 24.6.